The highest BCUT2D eigenvalue weighted by atomic mass is 16.4. The van der Waals surface area contributed by atoms with E-state index >= 15 is 0 Å². The van der Waals surface area contributed by atoms with Gasteiger partial charge in [0.1, 0.15) is 0 Å². The van der Waals surface area contributed by atoms with Crippen LogP contribution in [0, 0.1) is 0 Å². The van der Waals surface area contributed by atoms with Crippen LogP contribution in [0.25, 0.3) is 0 Å². The summed E-state index contributed by atoms with van der Waals surface area (Å²) in [5.74, 6) is -0.822. The second-order valence-corrected chi connectivity index (χ2v) is 7.02. The molecule has 152 valence electrons. The van der Waals surface area contributed by atoms with E-state index in [4.69, 9.17) is 10.8 Å². The van der Waals surface area contributed by atoms with Gasteiger partial charge in [0.25, 0.3) is 0 Å². The van der Waals surface area contributed by atoms with Gasteiger partial charge in [0.2, 0.25) is 0 Å². The fraction of sp³-hybridized carbons (Fsp3) is 0.952. The number of likely N-dealkylation sites (N-methyl/N-ethyl adjacent to an activating group) is 1. The summed E-state index contributed by atoms with van der Waals surface area (Å²) in [5, 5.41) is 10.3. The van der Waals surface area contributed by atoms with Gasteiger partial charge in [0.15, 0.2) is 0 Å². The Balaban J connectivity index is 0. The van der Waals surface area contributed by atoms with E-state index in [0.29, 0.717) is 0 Å². The lowest BCUT2D eigenvalue weighted by Crippen LogP contribution is -2.16. The first-order valence-electron chi connectivity index (χ1n) is 10.8. The number of carboxylic acid groups (broad SMARTS) is 1. The minimum Gasteiger partial charge on any atom is -0.480 e. The third-order valence-electron chi connectivity index (χ3n) is 4.39. The number of nitrogens with two attached hydrogens (primary N) is 1. The van der Waals surface area contributed by atoms with Gasteiger partial charge in [-0.2, -0.15) is 0 Å². The fourth-order valence-electron chi connectivity index (χ4n) is 2.84. The molecule has 0 saturated carbocycles. The van der Waals surface area contributed by atoms with Crippen molar-refractivity contribution in [3.63, 3.8) is 0 Å². The molecule has 0 unspecified atom stereocenters. The van der Waals surface area contributed by atoms with Gasteiger partial charge in [-0.3, -0.25) is 4.79 Å². The molecule has 0 atom stereocenters. The zero-order chi connectivity index (χ0) is 19.0. The number of carbonyl (C=O) groups is 1. The molecular formula is C21H46N2O2. The minimum absolute atomic E-state index is 0.0417. The van der Waals surface area contributed by atoms with Crippen LogP contribution in [-0.2, 0) is 4.79 Å². The second-order valence-electron chi connectivity index (χ2n) is 7.02. The summed E-state index contributed by atoms with van der Waals surface area (Å²) >= 11 is 0. The van der Waals surface area contributed by atoms with Crippen molar-refractivity contribution in [1.29, 1.82) is 0 Å². The van der Waals surface area contributed by atoms with Crippen LogP contribution in [0.1, 0.15) is 110 Å². The maximum absolute atomic E-state index is 9.54. The Kier molecular flexibility index (Phi) is 27.3. The lowest BCUT2D eigenvalue weighted by atomic mass is 10.0. The summed E-state index contributed by atoms with van der Waals surface area (Å²) in [5.41, 5.74) is 5.48. The van der Waals surface area contributed by atoms with Crippen LogP contribution in [-0.4, -0.2) is 31.2 Å². The molecule has 25 heavy (non-hydrogen) atoms. The number of carboxylic acids is 1. The number of nitrogens with one attached hydrogen (secondary N) is 1. The Morgan fingerprint density at radius 3 is 1.24 bits per heavy atom. The van der Waals surface area contributed by atoms with Crippen molar-refractivity contribution >= 4 is 5.97 Å². The van der Waals surface area contributed by atoms with Crippen molar-refractivity contribution < 1.29 is 9.90 Å². The molecule has 0 aliphatic rings. The molecule has 4 N–H and O–H groups in total. The summed E-state index contributed by atoms with van der Waals surface area (Å²) in [6.45, 7) is 3.21. The topological polar surface area (TPSA) is 75.3 Å². The summed E-state index contributed by atoms with van der Waals surface area (Å²) in [7, 11) is 1.59. The molecule has 0 amide bonds. The van der Waals surface area contributed by atoms with Crippen LogP contribution in [0.3, 0.4) is 0 Å². The Hall–Kier alpha value is -0.610. The van der Waals surface area contributed by atoms with Crippen molar-refractivity contribution in [2.45, 2.75) is 110 Å². The average Bonchev–Trinajstić information content (AvgIpc) is 2.59. The molecule has 0 aromatic rings. The van der Waals surface area contributed by atoms with Gasteiger partial charge in [-0.05, 0) is 20.0 Å². The molecule has 0 fully saturated rings. The fourth-order valence-corrected chi connectivity index (χ4v) is 2.84. The Morgan fingerprint density at radius 2 is 1.04 bits per heavy atom. The van der Waals surface area contributed by atoms with Gasteiger partial charge >= 0.3 is 5.97 Å². The van der Waals surface area contributed by atoms with E-state index in [1.165, 1.54) is 103 Å². The van der Waals surface area contributed by atoms with Crippen molar-refractivity contribution in [2.75, 3.05) is 20.1 Å². The maximum atomic E-state index is 9.54. The Bertz CT molecular complexity index is 232. The van der Waals surface area contributed by atoms with Crippen molar-refractivity contribution in [1.82, 2.24) is 5.32 Å². The van der Waals surface area contributed by atoms with Crippen LogP contribution < -0.4 is 11.1 Å². The van der Waals surface area contributed by atoms with E-state index in [1.807, 2.05) is 0 Å². The smallest absolute Gasteiger partial charge is 0.317 e. The van der Waals surface area contributed by atoms with Crippen LogP contribution >= 0.6 is 0 Å². The predicted octanol–water partition coefficient (Wildman–Crippen LogP) is 5.50. The molecule has 0 heterocycles. The van der Waals surface area contributed by atoms with Gasteiger partial charge in [-0.25, -0.2) is 0 Å². The molecule has 4 nitrogen and oxygen atoms in total. The van der Waals surface area contributed by atoms with Gasteiger partial charge in [0.05, 0.1) is 6.54 Å². The third kappa shape index (κ3) is 31.6. The lowest BCUT2D eigenvalue weighted by molar-refractivity contribution is -0.135. The molecule has 0 rings (SSSR count). The molecule has 0 bridgehead atoms. The molecule has 0 aromatic heterocycles. The number of unbranched alkanes of at least 4 members (excludes halogenated alkanes) is 15. The highest BCUT2D eigenvalue weighted by Crippen LogP contribution is 2.13. The van der Waals surface area contributed by atoms with Crippen LogP contribution in [0.4, 0.5) is 0 Å². The largest absolute Gasteiger partial charge is 0.480 e. The molecule has 0 aliphatic heterocycles. The first-order valence-corrected chi connectivity index (χ1v) is 10.8. The van der Waals surface area contributed by atoms with E-state index in [2.05, 4.69) is 12.2 Å². The molecule has 0 aromatic carbocycles. The number of aliphatic carboxylic acids is 1. The van der Waals surface area contributed by atoms with E-state index in [0.717, 1.165) is 6.54 Å². The lowest BCUT2D eigenvalue weighted by Gasteiger charge is -2.03. The second kappa shape index (κ2) is 25.6. The Labute approximate surface area is 157 Å². The molecule has 0 radical (unpaired) electrons. The highest BCUT2D eigenvalue weighted by Gasteiger charge is 1.94. The predicted molar refractivity (Wildman–Crippen MR) is 110 cm³/mol. The van der Waals surface area contributed by atoms with Crippen LogP contribution in [0.5, 0.6) is 0 Å². The molecular weight excluding hydrogens is 312 g/mol. The van der Waals surface area contributed by atoms with E-state index in [1.54, 1.807) is 7.05 Å². The standard InChI is InChI=1S/C18H39N.C3H7NO2/c1-2-3-4-5-6-7-8-9-10-11-12-13-14-15-16-17-18-19;1-4-2-3(5)6/h2-19H2,1H3;4H,2H2,1H3,(H,5,6). The minimum atomic E-state index is -0.822. The summed E-state index contributed by atoms with van der Waals surface area (Å²) in [6, 6.07) is 0. The number of hydrogen-bond donors (Lipinski definition) is 3. The first-order chi connectivity index (χ1) is 12.2. The maximum Gasteiger partial charge on any atom is 0.317 e. The van der Waals surface area contributed by atoms with Gasteiger partial charge in [-0.1, -0.05) is 103 Å². The quantitative estimate of drug-likeness (QED) is 0.283. The number of hydrogen-bond acceptors (Lipinski definition) is 3. The van der Waals surface area contributed by atoms with Crippen LogP contribution in [0.2, 0.25) is 0 Å². The zero-order valence-electron chi connectivity index (χ0n) is 17.2. The van der Waals surface area contributed by atoms with Gasteiger partial charge in [0, 0.05) is 0 Å². The van der Waals surface area contributed by atoms with Crippen molar-refractivity contribution in [2.24, 2.45) is 5.73 Å². The SMILES string of the molecule is CCCCCCCCCCCCCCCCCCN.CNCC(=O)O. The first kappa shape index (κ1) is 26.6. The Morgan fingerprint density at radius 1 is 0.720 bits per heavy atom. The van der Waals surface area contributed by atoms with E-state index < -0.39 is 5.97 Å². The zero-order valence-corrected chi connectivity index (χ0v) is 17.2. The summed E-state index contributed by atoms with van der Waals surface area (Å²) < 4.78 is 0. The monoisotopic (exact) mass is 358 g/mol. The van der Waals surface area contributed by atoms with Crippen LogP contribution in [0.15, 0.2) is 0 Å². The number of rotatable bonds is 18. The van der Waals surface area contributed by atoms with Crippen molar-refractivity contribution in [3.05, 3.63) is 0 Å². The molecule has 0 aliphatic carbocycles. The molecule has 0 spiro atoms. The molecule has 0 saturated heterocycles. The van der Waals surface area contributed by atoms with Gasteiger partial charge < -0.3 is 16.2 Å². The average molecular weight is 359 g/mol. The van der Waals surface area contributed by atoms with Crippen molar-refractivity contribution in [3.8, 4) is 0 Å². The normalized spacial score (nSPS) is 10.4. The summed E-state index contributed by atoms with van der Waals surface area (Å²) in [4.78, 5) is 9.54. The van der Waals surface area contributed by atoms with Gasteiger partial charge in [-0.15, -0.1) is 0 Å². The van der Waals surface area contributed by atoms with E-state index in [-0.39, 0.29) is 6.54 Å². The molecule has 4 heteroatoms. The highest BCUT2D eigenvalue weighted by molar-refractivity contribution is 5.68. The third-order valence-corrected chi connectivity index (χ3v) is 4.39. The summed E-state index contributed by atoms with van der Waals surface area (Å²) in [6.07, 6.45) is 22.9. The van der Waals surface area contributed by atoms with E-state index in [9.17, 15) is 4.79 Å².